The van der Waals surface area contributed by atoms with Gasteiger partial charge in [-0.3, -0.25) is 14.4 Å². The normalized spacial score (nSPS) is 29.1. The highest BCUT2D eigenvalue weighted by molar-refractivity contribution is 5.94. The molecule has 2 fully saturated rings. The van der Waals surface area contributed by atoms with E-state index in [2.05, 4.69) is 0 Å². The van der Waals surface area contributed by atoms with E-state index < -0.39 is 58.1 Å². The van der Waals surface area contributed by atoms with Crippen molar-refractivity contribution in [3.8, 4) is 5.75 Å². The summed E-state index contributed by atoms with van der Waals surface area (Å²) in [6.45, 7) is 14.6. The molecular formula is C31H38O10. The molecule has 3 aliphatic rings. The lowest BCUT2D eigenvalue weighted by atomic mass is 9.66. The van der Waals surface area contributed by atoms with Crippen molar-refractivity contribution in [2.45, 2.75) is 98.2 Å². The fraction of sp³-hybridized carbons (Fsp3) is 0.613. The molecule has 41 heavy (non-hydrogen) atoms. The second-order valence-corrected chi connectivity index (χ2v) is 12.8. The van der Waals surface area contributed by atoms with Crippen LogP contribution in [0.3, 0.4) is 0 Å². The van der Waals surface area contributed by atoms with Gasteiger partial charge in [0.05, 0.1) is 22.3 Å². The van der Waals surface area contributed by atoms with Crippen LogP contribution in [0.5, 0.6) is 5.75 Å². The van der Waals surface area contributed by atoms with Crippen molar-refractivity contribution in [2.75, 3.05) is 6.61 Å². The van der Waals surface area contributed by atoms with Gasteiger partial charge in [0, 0.05) is 18.1 Å². The van der Waals surface area contributed by atoms with E-state index in [1.807, 2.05) is 20.8 Å². The van der Waals surface area contributed by atoms with Gasteiger partial charge in [-0.2, -0.15) is 0 Å². The maximum absolute atomic E-state index is 14.2. The molecule has 1 aromatic carbocycles. The van der Waals surface area contributed by atoms with Crippen LogP contribution in [-0.4, -0.2) is 41.8 Å². The molecule has 1 aromatic heterocycles. The van der Waals surface area contributed by atoms with Crippen LogP contribution in [-0.2, 0) is 39.9 Å². The first-order valence-electron chi connectivity index (χ1n) is 14.1. The Morgan fingerprint density at radius 3 is 2.32 bits per heavy atom. The zero-order valence-electron chi connectivity index (χ0n) is 24.9. The van der Waals surface area contributed by atoms with Gasteiger partial charge in [0.25, 0.3) is 0 Å². The first-order valence-corrected chi connectivity index (χ1v) is 14.1. The Hall–Kier alpha value is -3.40. The molecule has 2 aromatic rings. The highest BCUT2D eigenvalue weighted by Crippen LogP contribution is 2.66. The molecule has 2 aliphatic heterocycles. The number of carbonyl (C=O) groups is 3. The van der Waals surface area contributed by atoms with Crippen molar-refractivity contribution in [3.63, 3.8) is 0 Å². The standard InChI is InChI=1S/C31H38O10/c1-9-36-15-17-14-19(32)18-10-11-20-21(22(18)37-17)23(24(28(4,5)40-20)39-25(33)16(2)3)38-27(35)31-13-12-30(8,26(34)41-31)29(31,6)7/h10-11,14,16,23-24H,9,12-13,15H2,1-8H3/t23-,24-,30?,31?/m1/s1. The molecule has 5 rings (SSSR count). The number of carbonyl (C=O) groups excluding carboxylic acids is 3. The molecule has 0 spiro atoms. The fourth-order valence-corrected chi connectivity index (χ4v) is 6.26. The van der Waals surface area contributed by atoms with E-state index in [1.165, 1.54) is 6.07 Å². The van der Waals surface area contributed by atoms with E-state index in [-0.39, 0.29) is 34.3 Å². The topological polar surface area (TPSA) is 128 Å². The van der Waals surface area contributed by atoms with Gasteiger partial charge < -0.3 is 28.1 Å². The molecule has 222 valence electrons. The van der Waals surface area contributed by atoms with Crippen LogP contribution < -0.4 is 10.2 Å². The van der Waals surface area contributed by atoms with Crippen LogP contribution in [0.25, 0.3) is 11.0 Å². The van der Waals surface area contributed by atoms with E-state index in [0.29, 0.717) is 25.2 Å². The number of hydrogen-bond acceptors (Lipinski definition) is 10. The van der Waals surface area contributed by atoms with Crippen LogP contribution in [0, 0.1) is 16.7 Å². The van der Waals surface area contributed by atoms with Crippen LogP contribution >= 0.6 is 0 Å². The zero-order valence-corrected chi connectivity index (χ0v) is 24.9. The minimum Gasteiger partial charge on any atom is -0.483 e. The fourth-order valence-electron chi connectivity index (χ4n) is 6.26. The lowest BCUT2D eigenvalue weighted by molar-refractivity contribution is -0.208. The predicted octanol–water partition coefficient (Wildman–Crippen LogP) is 4.77. The number of esters is 3. The van der Waals surface area contributed by atoms with Gasteiger partial charge in [0.1, 0.15) is 29.3 Å². The van der Waals surface area contributed by atoms with Gasteiger partial charge in [-0.1, -0.05) is 27.7 Å². The molecular weight excluding hydrogens is 532 g/mol. The minimum absolute atomic E-state index is 0.0553. The highest BCUT2D eigenvalue weighted by Gasteiger charge is 2.77. The van der Waals surface area contributed by atoms with E-state index >= 15 is 0 Å². The predicted molar refractivity (Wildman–Crippen MR) is 146 cm³/mol. The molecule has 4 atom stereocenters. The Balaban J connectivity index is 1.69. The Labute approximate surface area is 238 Å². The zero-order chi connectivity index (χ0) is 30.1. The Kier molecular flexibility index (Phi) is 6.80. The quantitative estimate of drug-likeness (QED) is 0.339. The Morgan fingerprint density at radius 2 is 1.73 bits per heavy atom. The lowest BCUT2D eigenvalue weighted by Gasteiger charge is -2.44. The summed E-state index contributed by atoms with van der Waals surface area (Å²) in [6, 6.07) is 4.56. The maximum Gasteiger partial charge on any atom is 0.351 e. The second-order valence-electron chi connectivity index (χ2n) is 12.8. The summed E-state index contributed by atoms with van der Waals surface area (Å²) >= 11 is 0. The van der Waals surface area contributed by atoms with Crippen molar-refractivity contribution in [3.05, 3.63) is 39.7 Å². The summed E-state index contributed by atoms with van der Waals surface area (Å²) < 4.78 is 36.0. The number of ether oxygens (including phenoxy) is 5. The van der Waals surface area contributed by atoms with Gasteiger partial charge in [0.2, 0.25) is 5.60 Å². The van der Waals surface area contributed by atoms with Crippen molar-refractivity contribution in [1.29, 1.82) is 0 Å². The summed E-state index contributed by atoms with van der Waals surface area (Å²) in [4.78, 5) is 53.2. The number of rotatable bonds is 7. The lowest BCUT2D eigenvalue weighted by Crippen LogP contribution is -2.55. The van der Waals surface area contributed by atoms with E-state index in [4.69, 9.17) is 28.1 Å². The van der Waals surface area contributed by atoms with Crippen molar-refractivity contribution < 1.29 is 42.5 Å². The molecule has 2 bridgehead atoms. The molecule has 10 heteroatoms. The van der Waals surface area contributed by atoms with Gasteiger partial charge in [-0.15, -0.1) is 0 Å². The SMILES string of the molecule is CCOCc1cc(=O)c2ccc3c(c2o1)[C@@H](OC(=O)C12CCC(C)(C(=O)O1)C2(C)C)[C@@H](OC(=O)C(C)C)C(C)(C)O3. The molecule has 0 N–H and O–H groups in total. The van der Waals surface area contributed by atoms with Crippen molar-refractivity contribution in [1.82, 2.24) is 0 Å². The molecule has 1 saturated heterocycles. The summed E-state index contributed by atoms with van der Waals surface area (Å²) in [6.07, 6.45) is -1.60. The van der Waals surface area contributed by atoms with E-state index in [9.17, 15) is 19.2 Å². The van der Waals surface area contributed by atoms with Crippen molar-refractivity contribution >= 4 is 28.9 Å². The third kappa shape index (κ3) is 4.16. The monoisotopic (exact) mass is 570 g/mol. The summed E-state index contributed by atoms with van der Waals surface area (Å²) in [5.41, 5.74) is -4.31. The molecule has 1 aliphatic carbocycles. The molecule has 3 heterocycles. The van der Waals surface area contributed by atoms with E-state index in [1.54, 1.807) is 46.8 Å². The third-order valence-corrected chi connectivity index (χ3v) is 9.37. The van der Waals surface area contributed by atoms with Crippen molar-refractivity contribution in [2.24, 2.45) is 16.7 Å². The summed E-state index contributed by atoms with van der Waals surface area (Å²) in [5, 5.41) is 0.238. The second kappa shape index (κ2) is 9.58. The summed E-state index contributed by atoms with van der Waals surface area (Å²) in [5.74, 6) is -1.60. The van der Waals surface area contributed by atoms with Crippen LogP contribution in [0.2, 0.25) is 0 Å². The molecule has 0 radical (unpaired) electrons. The van der Waals surface area contributed by atoms with Crippen LogP contribution in [0.1, 0.15) is 85.7 Å². The third-order valence-electron chi connectivity index (χ3n) is 9.37. The average molecular weight is 571 g/mol. The largest absolute Gasteiger partial charge is 0.483 e. The van der Waals surface area contributed by atoms with Crippen LogP contribution in [0.4, 0.5) is 0 Å². The minimum atomic E-state index is -1.53. The van der Waals surface area contributed by atoms with Gasteiger partial charge in [-0.05, 0) is 52.7 Å². The molecule has 0 amide bonds. The molecule has 1 saturated carbocycles. The number of fused-ring (bicyclic) bond motifs is 5. The average Bonchev–Trinajstić information content (AvgIpc) is 3.18. The summed E-state index contributed by atoms with van der Waals surface area (Å²) in [7, 11) is 0. The van der Waals surface area contributed by atoms with E-state index in [0.717, 1.165) is 0 Å². The molecule has 10 nitrogen and oxygen atoms in total. The smallest absolute Gasteiger partial charge is 0.351 e. The van der Waals surface area contributed by atoms with Crippen LogP contribution in [0.15, 0.2) is 27.4 Å². The molecule has 2 unspecified atom stereocenters. The highest BCUT2D eigenvalue weighted by atomic mass is 16.6. The number of hydrogen-bond donors (Lipinski definition) is 0. The van der Waals surface area contributed by atoms with Gasteiger partial charge in [-0.25, -0.2) is 4.79 Å². The van der Waals surface area contributed by atoms with Gasteiger partial charge >= 0.3 is 17.9 Å². The number of benzene rings is 1. The first-order chi connectivity index (χ1) is 19.1. The van der Waals surface area contributed by atoms with Gasteiger partial charge in [0.15, 0.2) is 17.6 Å². The Morgan fingerprint density at radius 1 is 1.02 bits per heavy atom. The Bertz CT molecular complexity index is 1480. The first kappa shape index (κ1) is 29.1. The maximum atomic E-state index is 14.2.